The molecule has 0 N–H and O–H groups in total. The summed E-state index contributed by atoms with van der Waals surface area (Å²) in [4.78, 5) is 20.5. The van der Waals surface area contributed by atoms with Crippen molar-refractivity contribution in [1.82, 2.24) is 0 Å². The Balaban J connectivity index is 3.37. The molecule has 14 heavy (non-hydrogen) atoms. The van der Waals surface area contributed by atoms with Crippen molar-refractivity contribution in [3.8, 4) is 0 Å². The second-order valence-electron chi connectivity index (χ2n) is 2.73. The van der Waals surface area contributed by atoms with Crippen LogP contribution in [0.25, 0.3) is 0 Å². The lowest BCUT2D eigenvalue weighted by Crippen LogP contribution is -1.96. The molecule has 0 heterocycles. The Morgan fingerprint density at radius 2 is 2.21 bits per heavy atom. The fourth-order valence-corrected chi connectivity index (χ4v) is 1.43. The molecule has 0 spiro atoms. The van der Waals surface area contributed by atoms with E-state index in [9.17, 15) is 14.9 Å². The normalized spacial score (nSPS) is 9.86. The molecule has 0 bridgehead atoms. The van der Waals surface area contributed by atoms with Crippen molar-refractivity contribution >= 4 is 23.6 Å². The quantitative estimate of drug-likeness (QED) is 0.441. The van der Waals surface area contributed by atoms with Gasteiger partial charge in [-0.25, -0.2) is 0 Å². The lowest BCUT2D eigenvalue weighted by molar-refractivity contribution is -0.384. The van der Waals surface area contributed by atoms with E-state index in [1.807, 2.05) is 6.92 Å². The van der Waals surface area contributed by atoms with Crippen molar-refractivity contribution < 1.29 is 9.72 Å². The number of hydrogen-bond donors (Lipinski definition) is 0. The van der Waals surface area contributed by atoms with Gasteiger partial charge in [-0.05, 0) is 18.1 Å². The maximum atomic E-state index is 10.6. The minimum Gasteiger partial charge on any atom is -0.298 e. The summed E-state index contributed by atoms with van der Waals surface area (Å²) in [6.45, 7) is 1.85. The van der Waals surface area contributed by atoms with Crippen LogP contribution in [0, 0.1) is 10.1 Å². The topological polar surface area (TPSA) is 60.2 Å². The molecule has 0 fully saturated rings. The number of carbonyl (C=O) groups is 1. The maximum Gasteiger partial charge on any atom is 0.288 e. The number of nitrogens with zero attached hydrogens (tertiary/aromatic N) is 1. The maximum absolute atomic E-state index is 10.6. The van der Waals surface area contributed by atoms with Gasteiger partial charge >= 0.3 is 0 Å². The van der Waals surface area contributed by atoms with Crippen molar-refractivity contribution in [3.05, 3.63) is 38.4 Å². The SMILES string of the molecule is CCc1cc(Cl)c([N+](=O)[O-])cc1C=O. The third-order valence-electron chi connectivity index (χ3n) is 1.91. The monoisotopic (exact) mass is 213 g/mol. The molecule has 0 atom stereocenters. The van der Waals surface area contributed by atoms with E-state index in [-0.39, 0.29) is 10.7 Å². The Morgan fingerprint density at radius 3 is 2.64 bits per heavy atom. The third kappa shape index (κ3) is 1.90. The number of aldehydes is 1. The van der Waals surface area contributed by atoms with Crippen LogP contribution in [0.5, 0.6) is 0 Å². The molecule has 1 rings (SSSR count). The molecule has 0 unspecified atom stereocenters. The van der Waals surface area contributed by atoms with Crippen molar-refractivity contribution in [2.75, 3.05) is 0 Å². The van der Waals surface area contributed by atoms with Gasteiger partial charge in [-0.2, -0.15) is 0 Å². The van der Waals surface area contributed by atoms with Crippen LogP contribution in [-0.4, -0.2) is 11.2 Å². The van der Waals surface area contributed by atoms with Crippen LogP contribution >= 0.6 is 11.6 Å². The van der Waals surface area contributed by atoms with Crippen LogP contribution in [0.3, 0.4) is 0 Å². The van der Waals surface area contributed by atoms with Crippen LogP contribution in [-0.2, 0) is 6.42 Å². The molecule has 74 valence electrons. The molecule has 1 aromatic carbocycles. The Labute approximate surface area is 85.6 Å². The van der Waals surface area contributed by atoms with Crippen molar-refractivity contribution in [2.45, 2.75) is 13.3 Å². The van der Waals surface area contributed by atoms with Crippen LogP contribution in [0.1, 0.15) is 22.8 Å². The molecule has 0 amide bonds. The second kappa shape index (κ2) is 4.19. The number of aryl methyl sites for hydroxylation is 1. The van der Waals surface area contributed by atoms with Crippen molar-refractivity contribution in [3.63, 3.8) is 0 Å². The highest BCUT2D eigenvalue weighted by atomic mass is 35.5. The Bertz CT molecular complexity index is 390. The Kier molecular flexibility index (Phi) is 3.19. The highest BCUT2D eigenvalue weighted by Crippen LogP contribution is 2.27. The highest BCUT2D eigenvalue weighted by molar-refractivity contribution is 6.32. The zero-order valence-electron chi connectivity index (χ0n) is 7.49. The van der Waals surface area contributed by atoms with Crippen molar-refractivity contribution in [2.24, 2.45) is 0 Å². The summed E-state index contributed by atoms with van der Waals surface area (Å²) in [6, 6.07) is 2.66. The van der Waals surface area contributed by atoms with E-state index in [0.29, 0.717) is 18.3 Å². The van der Waals surface area contributed by atoms with E-state index in [2.05, 4.69) is 0 Å². The Morgan fingerprint density at radius 1 is 1.57 bits per heavy atom. The lowest BCUT2D eigenvalue weighted by atomic mass is 10.1. The van der Waals surface area contributed by atoms with Crippen LogP contribution in [0.4, 0.5) is 5.69 Å². The van der Waals surface area contributed by atoms with Crippen LogP contribution in [0.2, 0.25) is 5.02 Å². The van der Waals surface area contributed by atoms with Gasteiger partial charge in [0.1, 0.15) is 5.02 Å². The molecule has 0 saturated carbocycles. The van der Waals surface area contributed by atoms with Gasteiger partial charge in [-0.3, -0.25) is 14.9 Å². The largest absolute Gasteiger partial charge is 0.298 e. The molecule has 0 aliphatic heterocycles. The van der Waals surface area contributed by atoms with Gasteiger partial charge in [0.05, 0.1) is 4.92 Å². The fraction of sp³-hybridized carbons (Fsp3) is 0.222. The third-order valence-corrected chi connectivity index (χ3v) is 2.22. The van der Waals surface area contributed by atoms with Gasteiger partial charge in [0.15, 0.2) is 6.29 Å². The number of nitro groups is 1. The number of nitro benzene ring substituents is 1. The molecular weight excluding hydrogens is 206 g/mol. The molecule has 0 aliphatic carbocycles. The first-order valence-corrected chi connectivity index (χ1v) is 4.40. The average molecular weight is 214 g/mol. The molecule has 5 heteroatoms. The average Bonchev–Trinajstić information content (AvgIpc) is 2.16. The number of hydrogen-bond acceptors (Lipinski definition) is 3. The molecular formula is C9H8ClNO3. The zero-order chi connectivity index (χ0) is 10.7. The smallest absolute Gasteiger partial charge is 0.288 e. The fourth-order valence-electron chi connectivity index (χ4n) is 1.17. The van der Waals surface area contributed by atoms with Gasteiger partial charge in [-0.1, -0.05) is 18.5 Å². The molecule has 4 nitrogen and oxygen atoms in total. The molecule has 0 saturated heterocycles. The first-order chi connectivity index (χ1) is 6.60. The number of carbonyl (C=O) groups excluding carboxylic acids is 1. The summed E-state index contributed by atoms with van der Waals surface area (Å²) in [5.41, 5.74) is 0.810. The summed E-state index contributed by atoms with van der Waals surface area (Å²) in [7, 11) is 0. The molecule has 0 aliphatic rings. The summed E-state index contributed by atoms with van der Waals surface area (Å²) in [6.07, 6.45) is 1.22. The summed E-state index contributed by atoms with van der Waals surface area (Å²) >= 11 is 5.67. The number of benzene rings is 1. The van der Waals surface area contributed by atoms with Crippen molar-refractivity contribution in [1.29, 1.82) is 0 Å². The van der Waals surface area contributed by atoms with Gasteiger partial charge in [0.2, 0.25) is 0 Å². The van der Waals surface area contributed by atoms with Crippen LogP contribution in [0.15, 0.2) is 12.1 Å². The molecule has 1 aromatic rings. The summed E-state index contributed by atoms with van der Waals surface area (Å²) in [5.74, 6) is 0. The number of rotatable bonds is 3. The second-order valence-corrected chi connectivity index (χ2v) is 3.14. The van der Waals surface area contributed by atoms with E-state index >= 15 is 0 Å². The molecule has 0 aromatic heterocycles. The van der Waals surface area contributed by atoms with Gasteiger partial charge in [-0.15, -0.1) is 0 Å². The number of halogens is 1. The van der Waals surface area contributed by atoms with E-state index < -0.39 is 4.92 Å². The standard InChI is InChI=1S/C9H8ClNO3/c1-2-6-3-8(10)9(11(13)14)4-7(6)5-12/h3-5H,2H2,1H3. The first kappa shape index (κ1) is 10.7. The first-order valence-electron chi connectivity index (χ1n) is 4.02. The predicted molar refractivity (Wildman–Crippen MR) is 52.9 cm³/mol. The van der Waals surface area contributed by atoms with E-state index in [0.717, 1.165) is 5.56 Å². The highest BCUT2D eigenvalue weighted by Gasteiger charge is 2.15. The Hall–Kier alpha value is -1.42. The van der Waals surface area contributed by atoms with Gasteiger partial charge in [0, 0.05) is 11.6 Å². The summed E-state index contributed by atoms with van der Waals surface area (Å²) in [5, 5.41) is 10.6. The molecule has 0 radical (unpaired) electrons. The van der Waals surface area contributed by atoms with Gasteiger partial charge in [0.25, 0.3) is 5.69 Å². The van der Waals surface area contributed by atoms with Crippen LogP contribution < -0.4 is 0 Å². The minimum atomic E-state index is -0.602. The van der Waals surface area contributed by atoms with E-state index in [1.165, 1.54) is 12.1 Å². The summed E-state index contributed by atoms with van der Waals surface area (Å²) < 4.78 is 0. The lowest BCUT2D eigenvalue weighted by Gasteiger charge is -2.02. The van der Waals surface area contributed by atoms with E-state index in [4.69, 9.17) is 11.6 Å². The van der Waals surface area contributed by atoms with Gasteiger partial charge < -0.3 is 0 Å². The predicted octanol–water partition coefficient (Wildman–Crippen LogP) is 2.62. The minimum absolute atomic E-state index is 0.0671. The van der Waals surface area contributed by atoms with E-state index in [1.54, 1.807) is 0 Å². The zero-order valence-corrected chi connectivity index (χ0v) is 8.25.